The van der Waals surface area contributed by atoms with Crippen LogP contribution in [0.3, 0.4) is 0 Å². The van der Waals surface area contributed by atoms with Gasteiger partial charge in [-0.25, -0.2) is 4.98 Å². The van der Waals surface area contributed by atoms with E-state index in [9.17, 15) is 4.79 Å². The van der Waals surface area contributed by atoms with Crippen LogP contribution >= 0.6 is 11.5 Å². The number of allylic oxidation sites excluding steroid dienone is 2. The predicted octanol–water partition coefficient (Wildman–Crippen LogP) is 2.50. The number of aryl methyl sites for hydroxylation is 1. The summed E-state index contributed by atoms with van der Waals surface area (Å²) in [6.07, 6.45) is 9.23. The van der Waals surface area contributed by atoms with Crippen molar-refractivity contribution in [3.05, 3.63) is 18.0 Å². The molecule has 2 aliphatic rings. The smallest absolute Gasteiger partial charge is 0.223 e. The van der Waals surface area contributed by atoms with Crippen molar-refractivity contribution in [1.29, 1.82) is 0 Å². The highest BCUT2D eigenvalue weighted by Crippen LogP contribution is 2.23. The Kier molecular flexibility index (Phi) is 5.08. The molecule has 0 bridgehead atoms. The average Bonchev–Trinajstić information content (AvgIpc) is 3.14. The Hall–Kier alpha value is -1.43. The lowest BCUT2D eigenvalue weighted by molar-refractivity contribution is -0.131. The Morgan fingerprint density at radius 2 is 2.27 bits per heavy atom. The highest BCUT2D eigenvalue weighted by atomic mass is 32.1. The van der Waals surface area contributed by atoms with Crippen molar-refractivity contribution in [3.8, 4) is 0 Å². The first-order chi connectivity index (χ1) is 10.8. The molecule has 22 heavy (non-hydrogen) atoms. The zero-order valence-corrected chi connectivity index (χ0v) is 14.0. The lowest BCUT2D eigenvalue weighted by Crippen LogP contribution is -2.35. The summed E-state index contributed by atoms with van der Waals surface area (Å²) in [5.41, 5.74) is 0. The maximum Gasteiger partial charge on any atom is 0.223 e. The molecule has 1 fully saturated rings. The molecule has 1 aliphatic heterocycles. The van der Waals surface area contributed by atoms with Gasteiger partial charge in [0.1, 0.15) is 5.82 Å². The van der Waals surface area contributed by atoms with E-state index >= 15 is 0 Å². The lowest BCUT2D eigenvalue weighted by Gasteiger charge is -2.22. The summed E-state index contributed by atoms with van der Waals surface area (Å²) in [7, 11) is 0. The van der Waals surface area contributed by atoms with Crippen molar-refractivity contribution in [1.82, 2.24) is 14.3 Å². The quantitative estimate of drug-likeness (QED) is 0.800. The molecule has 0 N–H and O–H groups in total. The third kappa shape index (κ3) is 3.66. The molecular formula is C16H24N4OS. The van der Waals surface area contributed by atoms with Crippen molar-refractivity contribution in [3.63, 3.8) is 0 Å². The van der Waals surface area contributed by atoms with Crippen LogP contribution in [0, 0.1) is 5.92 Å². The topological polar surface area (TPSA) is 49.3 Å². The first-order valence-electron chi connectivity index (χ1n) is 8.28. The van der Waals surface area contributed by atoms with Crippen LogP contribution in [0.4, 0.5) is 5.13 Å². The summed E-state index contributed by atoms with van der Waals surface area (Å²) in [5, 5.41) is 1.00. The maximum absolute atomic E-state index is 12.4. The third-order valence-electron chi connectivity index (χ3n) is 4.44. The van der Waals surface area contributed by atoms with E-state index in [1.54, 1.807) is 0 Å². The number of anilines is 1. The molecule has 0 aromatic carbocycles. The minimum absolute atomic E-state index is 0.310. The summed E-state index contributed by atoms with van der Waals surface area (Å²) in [6.45, 7) is 5.57. The van der Waals surface area contributed by atoms with Crippen molar-refractivity contribution in [2.24, 2.45) is 5.92 Å². The van der Waals surface area contributed by atoms with E-state index in [0.717, 1.165) is 62.8 Å². The monoisotopic (exact) mass is 320 g/mol. The summed E-state index contributed by atoms with van der Waals surface area (Å²) in [5.74, 6) is 1.69. The van der Waals surface area contributed by atoms with Gasteiger partial charge >= 0.3 is 0 Å². The number of amides is 1. The fourth-order valence-electron chi connectivity index (χ4n) is 3.09. The molecule has 2 heterocycles. The van der Waals surface area contributed by atoms with Crippen LogP contribution in [-0.4, -0.2) is 46.3 Å². The first kappa shape index (κ1) is 15.5. The fourth-order valence-corrected chi connectivity index (χ4v) is 3.89. The van der Waals surface area contributed by atoms with Crippen LogP contribution in [0.5, 0.6) is 0 Å². The molecule has 5 nitrogen and oxygen atoms in total. The molecule has 0 spiro atoms. The molecule has 6 heteroatoms. The summed E-state index contributed by atoms with van der Waals surface area (Å²) < 4.78 is 4.36. The van der Waals surface area contributed by atoms with Gasteiger partial charge in [0.15, 0.2) is 0 Å². The highest BCUT2D eigenvalue weighted by Gasteiger charge is 2.23. The Morgan fingerprint density at radius 3 is 3.00 bits per heavy atom. The summed E-state index contributed by atoms with van der Waals surface area (Å²) in [6, 6.07) is 0. The van der Waals surface area contributed by atoms with E-state index in [2.05, 4.69) is 33.3 Å². The summed E-state index contributed by atoms with van der Waals surface area (Å²) >= 11 is 1.48. The molecule has 3 rings (SSSR count). The lowest BCUT2D eigenvalue weighted by atomic mass is 10.0. The molecule has 1 aromatic rings. The van der Waals surface area contributed by atoms with Crippen LogP contribution in [0.25, 0.3) is 0 Å². The van der Waals surface area contributed by atoms with Gasteiger partial charge in [-0.15, -0.1) is 0 Å². The van der Waals surface area contributed by atoms with E-state index in [1.807, 2.05) is 4.90 Å². The highest BCUT2D eigenvalue weighted by molar-refractivity contribution is 7.09. The Balaban J connectivity index is 1.54. The van der Waals surface area contributed by atoms with Crippen LogP contribution in [0.1, 0.15) is 38.4 Å². The molecule has 1 amide bonds. The molecule has 0 saturated carbocycles. The van der Waals surface area contributed by atoms with Crippen molar-refractivity contribution in [2.45, 2.75) is 39.0 Å². The summed E-state index contributed by atoms with van der Waals surface area (Å²) in [4.78, 5) is 21.3. The molecular weight excluding hydrogens is 296 g/mol. The van der Waals surface area contributed by atoms with E-state index < -0.39 is 0 Å². The number of rotatable bonds is 4. The van der Waals surface area contributed by atoms with Crippen molar-refractivity contribution in [2.75, 3.05) is 31.1 Å². The van der Waals surface area contributed by atoms with Gasteiger partial charge in [-0.05, 0) is 25.2 Å². The number of hydrogen-bond acceptors (Lipinski definition) is 5. The van der Waals surface area contributed by atoms with Crippen LogP contribution in [-0.2, 0) is 11.2 Å². The Labute approximate surface area is 136 Å². The maximum atomic E-state index is 12.4. The second-order valence-electron chi connectivity index (χ2n) is 6.04. The second-order valence-corrected chi connectivity index (χ2v) is 6.77. The average molecular weight is 320 g/mol. The number of nitrogens with zero attached hydrogens (tertiary/aromatic N) is 4. The number of carbonyl (C=O) groups is 1. The third-order valence-corrected chi connectivity index (χ3v) is 5.26. The normalized spacial score (nSPS) is 22.1. The molecule has 120 valence electrons. The van der Waals surface area contributed by atoms with Gasteiger partial charge in [0.2, 0.25) is 11.0 Å². The number of aromatic nitrogens is 2. The largest absolute Gasteiger partial charge is 0.345 e. The Bertz CT molecular complexity index is 542. The zero-order valence-electron chi connectivity index (χ0n) is 13.2. The molecule has 0 unspecified atom stereocenters. The SMILES string of the molecule is CCc1nsc(N2CCCN(C(=O)C[C@@H]3C=CCC3)CC2)n1. The predicted molar refractivity (Wildman–Crippen MR) is 89.2 cm³/mol. The minimum atomic E-state index is 0.310. The molecule has 1 saturated heterocycles. The molecule has 0 radical (unpaired) electrons. The zero-order chi connectivity index (χ0) is 15.4. The van der Waals surface area contributed by atoms with Crippen LogP contribution < -0.4 is 4.90 Å². The van der Waals surface area contributed by atoms with Crippen LogP contribution in [0.2, 0.25) is 0 Å². The van der Waals surface area contributed by atoms with E-state index in [4.69, 9.17) is 0 Å². The van der Waals surface area contributed by atoms with Gasteiger partial charge in [0.25, 0.3) is 0 Å². The Morgan fingerprint density at radius 1 is 1.36 bits per heavy atom. The van der Waals surface area contributed by atoms with Crippen molar-refractivity contribution < 1.29 is 4.79 Å². The first-order valence-corrected chi connectivity index (χ1v) is 9.05. The van der Waals surface area contributed by atoms with Gasteiger partial charge < -0.3 is 9.80 Å². The van der Waals surface area contributed by atoms with Gasteiger partial charge in [-0.1, -0.05) is 19.1 Å². The van der Waals surface area contributed by atoms with E-state index in [1.165, 1.54) is 11.5 Å². The number of hydrogen-bond donors (Lipinski definition) is 0. The van der Waals surface area contributed by atoms with Gasteiger partial charge in [0.05, 0.1) is 0 Å². The van der Waals surface area contributed by atoms with E-state index in [-0.39, 0.29) is 0 Å². The van der Waals surface area contributed by atoms with Gasteiger partial charge in [-0.3, -0.25) is 4.79 Å². The van der Waals surface area contributed by atoms with Crippen molar-refractivity contribution >= 4 is 22.6 Å². The van der Waals surface area contributed by atoms with Gasteiger partial charge in [-0.2, -0.15) is 4.37 Å². The molecule has 1 aromatic heterocycles. The van der Waals surface area contributed by atoms with Crippen LogP contribution in [0.15, 0.2) is 12.2 Å². The minimum Gasteiger partial charge on any atom is -0.345 e. The molecule has 1 atom stereocenters. The van der Waals surface area contributed by atoms with E-state index in [0.29, 0.717) is 18.2 Å². The second kappa shape index (κ2) is 7.22. The molecule has 1 aliphatic carbocycles. The van der Waals surface area contributed by atoms with Gasteiger partial charge in [0, 0.05) is 50.6 Å². The standard InChI is InChI=1S/C16H24N4OS/c1-2-14-17-16(22-18-14)20-9-5-8-19(10-11-20)15(21)12-13-6-3-4-7-13/h3,6,13H,2,4-5,7-12H2,1H3/t13-/m1/s1. The fraction of sp³-hybridized carbons (Fsp3) is 0.688. The number of carbonyl (C=O) groups excluding carboxylic acids is 1.